The average Bonchev–Trinajstić information content (AvgIpc) is 2.90. The minimum absolute atomic E-state index is 0. The van der Waals surface area contributed by atoms with Crippen molar-refractivity contribution in [2.24, 2.45) is 10.7 Å². The van der Waals surface area contributed by atoms with Crippen molar-refractivity contribution in [1.82, 2.24) is 5.32 Å². The molecule has 0 fully saturated rings. The summed E-state index contributed by atoms with van der Waals surface area (Å²) in [6.07, 6.45) is 2.09. The van der Waals surface area contributed by atoms with Crippen LogP contribution in [0.25, 0.3) is 0 Å². The number of hydrogen-bond donors (Lipinski definition) is 2. The maximum atomic E-state index is 6.31. The Labute approximate surface area is 115 Å². The Morgan fingerprint density at radius 2 is 2.11 bits per heavy atom. The van der Waals surface area contributed by atoms with Gasteiger partial charge in [0.15, 0.2) is 0 Å². The normalized spacial score (nSPS) is 15.6. The van der Waals surface area contributed by atoms with Crippen LogP contribution in [0.15, 0.2) is 23.2 Å². The van der Waals surface area contributed by atoms with E-state index in [0.717, 1.165) is 31.8 Å². The average molecular weight is 268 g/mol. The number of halogens is 1. The summed E-state index contributed by atoms with van der Waals surface area (Å²) in [6, 6.07) is 6.33. The Morgan fingerprint density at radius 3 is 2.67 bits per heavy atom. The van der Waals surface area contributed by atoms with E-state index in [9.17, 15) is 0 Å². The summed E-state index contributed by atoms with van der Waals surface area (Å²) in [7, 11) is 0. The number of rotatable bonds is 4. The topological polar surface area (TPSA) is 50.4 Å². The van der Waals surface area contributed by atoms with Gasteiger partial charge in [-0.15, -0.1) is 12.4 Å². The van der Waals surface area contributed by atoms with E-state index < -0.39 is 0 Å². The van der Waals surface area contributed by atoms with Crippen molar-refractivity contribution in [3.8, 4) is 0 Å². The second kappa shape index (κ2) is 6.76. The second-order valence-corrected chi connectivity index (χ2v) is 4.36. The molecule has 2 rings (SSSR count). The molecule has 18 heavy (non-hydrogen) atoms. The van der Waals surface area contributed by atoms with Crippen molar-refractivity contribution in [1.29, 1.82) is 0 Å². The summed E-state index contributed by atoms with van der Waals surface area (Å²) in [4.78, 5) is 4.42. The fourth-order valence-electron chi connectivity index (χ4n) is 2.48. The molecule has 1 heterocycles. The van der Waals surface area contributed by atoms with Crippen LogP contribution in [0.5, 0.6) is 0 Å². The molecule has 1 aromatic carbocycles. The van der Waals surface area contributed by atoms with Gasteiger partial charge in [-0.3, -0.25) is 4.99 Å². The third kappa shape index (κ3) is 2.85. The van der Waals surface area contributed by atoms with Gasteiger partial charge in [-0.25, -0.2) is 0 Å². The van der Waals surface area contributed by atoms with Gasteiger partial charge in [0.25, 0.3) is 0 Å². The van der Waals surface area contributed by atoms with E-state index in [-0.39, 0.29) is 18.4 Å². The third-order valence-electron chi connectivity index (χ3n) is 3.37. The van der Waals surface area contributed by atoms with Gasteiger partial charge >= 0.3 is 0 Å². The highest BCUT2D eigenvalue weighted by Gasteiger charge is 2.19. The number of nitrogens with zero attached hydrogens (tertiary/aromatic N) is 1. The highest BCUT2D eigenvalue weighted by molar-refractivity contribution is 5.90. The van der Waals surface area contributed by atoms with Gasteiger partial charge in [0.05, 0.1) is 12.6 Å². The van der Waals surface area contributed by atoms with Crippen LogP contribution >= 0.6 is 12.4 Å². The van der Waals surface area contributed by atoms with Crippen LogP contribution < -0.4 is 11.1 Å². The molecule has 0 aliphatic carbocycles. The number of nitrogens with two attached hydrogens (primary N) is 1. The summed E-state index contributed by atoms with van der Waals surface area (Å²) in [5, 5.41) is 3.27. The highest BCUT2D eigenvalue weighted by atomic mass is 35.5. The third-order valence-corrected chi connectivity index (χ3v) is 3.37. The molecule has 3 nitrogen and oxygen atoms in total. The zero-order valence-electron chi connectivity index (χ0n) is 11.1. The van der Waals surface area contributed by atoms with Gasteiger partial charge in [0.1, 0.15) is 5.84 Å². The van der Waals surface area contributed by atoms with Gasteiger partial charge in [-0.05, 0) is 29.5 Å². The zero-order chi connectivity index (χ0) is 12.3. The van der Waals surface area contributed by atoms with E-state index in [1.807, 2.05) is 0 Å². The van der Waals surface area contributed by atoms with Gasteiger partial charge in [-0.1, -0.05) is 32.0 Å². The first kappa shape index (κ1) is 15.0. The molecule has 1 aromatic rings. The molecule has 1 unspecified atom stereocenters. The molecule has 0 aromatic heterocycles. The molecule has 4 heteroatoms. The number of benzene rings is 1. The van der Waals surface area contributed by atoms with E-state index in [1.165, 1.54) is 16.7 Å². The van der Waals surface area contributed by atoms with E-state index in [4.69, 9.17) is 5.73 Å². The molecule has 100 valence electrons. The van der Waals surface area contributed by atoms with E-state index >= 15 is 0 Å². The summed E-state index contributed by atoms with van der Waals surface area (Å²) >= 11 is 0. The fourth-order valence-corrected chi connectivity index (χ4v) is 2.48. The second-order valence-electron chi connectivity index (χ2n) is 4.36. The Bertz CT molecular complexity index is 429. The molecule has 0 saturated heterocycles. The van der Waals surface area contributed by atoms with Crippen molar-refractivity contribution in [2.75, 3.05) is 13.1 Å². The lowest BCUT2D eigenvalue weighted by Gasteiger charge is -2.18. The zero-order valence-corrected chi connectivity index (χ0v) is 11.9. The maximum absolute atomic E-state index is 6.31. The molecular weight excluding hydrogens is 246 g/mol. The summed E-state index contributed by atoms with van der Waals surface area (Å²) in [5.41, 5.74) is 10.3. The van der Waals surface area contributed by atoms with Crippen molar-refractivity contribution in [3.05, 3.63) is 34.9 Å². The van der Waals surface area contributed by atoms with Crippen LogP contribution in [-0.2, 0) is 12.8 Å². The molecular formula is C14H22ClN3. The van der Waals surface area contributed by atoms with Crippen molar-refractivity contribution in [2.45, 2.75) is 32.7 Å². The fraction of sp³-hybridized carbons (Fsp3) is 0.500. The number of nitrogens with one attached hydrogen (secondary N) is 1. The molecule has 0 bridgehead atoms. The van der Waals surface area contributed by atoms with Crippen LogP contribution in [0, 0.1) is 0 Å². The lowest BCUT2D eigenvalue weighted by Crippen LogP contribution is -2.31. The molecule has 1 aliphatic rings. The number of amidine groups is 1. The minimum atomic E-state index is -0.0982. The molecule has 0 amide bonds. The number of aliphatic imine (C=N–C) groups is 1. The van der Waals surface area contributed by atoms with E-state index in [1.54, 1.807) is 0 Å². The van der Waals surface area contributed by atoms with Crippen molar-refractivity contribution in [3.63, 3.8) is 0 Å². The predicted molar refractivity (Wildman–Crippen MR) is 79.7 cm³/mol. The smallest absolute Gasteiger partial charge is 0.118 e. The molecule has 0 saturated carbocycles. The number of aryl methyl sites for hydroxylation is 1. The van der Waals surface area contributed by atoms with E-state index in [0.29, 0.717) is 0 Å². The summed E-state index contributed by atoms with van der Waals surface area (Å²) in [6.45, 7) is 6.14. The van der Waals surface area contributed by atoms with Crippen LogP contribution in [0.3, 0.4) is 0 Å². The van der Waals surface area contributed by atoms with Crippen molar-refractivity contribution >= 4 is 18.2 Å². The maximum Gasteiger partial charge on any atom is 0.118 e. The predicted octanol–water partition coefficient (Wildman–Crippen LogP) is 2.23. The van der Waals surface area contributed by atoms with Gasteiger partial charge < -0.3 is 11.1 Å². The van der Waals surface area contributed by atoms with Crippen LogP contribution in [-0.4, -0.2) is 18.9 Å². The standard InChI is InChI=1S/C14H21N3.ClH/c1-3-10-6-5-7-12(11(10)4-2)13(15)14-16-8-9-17-14;/h5-7,13H,3-4,8-9,15H2,1-2H3,(H,16,17);1H. The van der Waals surface area contributed by atoms with Gasteiger partial charge in [-0.2, -0.15) is 0 Å². The first-order chi connectivity index (χ1) is 8.27. The Balaban J connectivity index is 0.00000162. The first-order valence-electron chi connectivity index (χ1n) is 6.42. The summed E-state index contributed by atoms with van der Waals surface area (Å²) < 4.78 is 0. The largest absolute Gasteiger partial charge is 0.370 e. The highest BCUT2D eigenvalue weighted by Crippen LogP contribution is 2.22. The molecule has 0 spiro atoms. The monoisotopic (exact) mass is 267 g/mol. The lowest BCUT2D eigenvalue weighted by atomic mass is 9.92. The van der Waals surface area contributed by atoms with Gasteiger partial charge in [0.2, 0.25) is 0 Å². The van der Waals surface area contributed by atoms with Crippen molar-refractivity contribution < 1.29 is 0 Å². The Hall–Kier alpha value is -1.06. The Morgan fingerprint density at radius 1 is 1.33 bits per heavy atom. The molecule has 0 radical (unpaired) electrons. The molecule has 1 atom stereocenters. The quantitative estimate of drug-likeness (QED) is 0.879. The molecule has 1 aliphatic heterocycles. The minimum Gasteiger partial charge on any atom is -0.370 e. The Kier molecular flexibility index (Phi) is 5.63. The molecule has 3 N–H and O–H groups in total. The number of hydrogen-bond acceptors (Lipinski definition) is 3. The first-order valence-corrected chi connectivity index (χ1v) is 6.42. The van der Waals surface area contributed by atoms with E-state index in [2.05, 4.69) is 42.4 Å². The summed E-state index contributed by atoms with van der Waals surface area (Å²) in [5.74, 6) is 0.938. The van der Waals surface area contributed by atoms with Gasteiger partial charge in [0, 0.05) is 6.54 Å². The SMILES string of the molecule is CCc1cccc(C(N)C2=NCCN2)c1CC.Cl. The van der Waals surface area contributed by atoms with Crippen LogP contribution in [0.4, 0.5) is 0 Å². The lowest BCUT2D eigenvalue weighted by molar-refractivity contribution is 0.868. The van der Waals surface area contributed by atoms with Crippen LogP contribution in [0.2, 0.25) is 0 Å². The van der Waals surface area contributed by atoms with Crippen LogP contribution in [0.1, 0.15) is 36.6 Å².